The lowest BCUT2D eigenvalue weighted by molar-refractivity contribution is 0.0511. The van der Waals surface area contributed by atoms with Gasteiger partial charge in [-0.2, -0.15) is 0 Å². The number of hydrogen-bond donors (Lipinski definition) is 2. The Balaban J connectivity index is 1.16. The number of amides is 3. The Morgan fingerprint density at radius 1 is 0.889 bits per heavy atom. The van der Waals surface area contributed by atoms with E-state index in [1.165, 1.54) is 31.3 Å². The molecular weight excluding hydrogens is 584 g/mol. The quantitative estimate of drug-likeness (QED) is 0.334. The van der Waals surface area contributed by atoms with Gasteiger partial charge >= 0.3 is 6.09 Å². The predicted molar refractivity (Wildman–Crippen MR) is 163 cm³/mol. The molecule has 4 heterocycles. The molecule has 0 saturated carbocycles. The fraction of sp³-hybridized carbons (Fsp3) is 0.375. The predicted octanol–water partition coefficient (Wildman–Crippen LogP) is 3.63. The molecule has 13 nitrogen and oxygen atoms in total. The first-order valence-electron chi connectivity index (χ1n) is 14.5. The standard InChI is InChI=1S/C32H34N4O9/c1-17-8-19-14-33-22-12-27(25(42-3)10-20(22)29(37)34(19)15-17)44-6-5-7-45-28-13-23-21(11-26(28)43-4)30(38)35-16-18(2)9-24(35)31(39)36(23)32(40)41/h10-14,19,24,31,39H,1-2,5-9,15-16H2,3-4H3,(H,40,41)/t19-,24-,31-/m0/s1. The fourth-order valence-electron chi connectivity index (χ4n) is 6.22. The SMILES string of the molecule is C=C1C[C@H]2C=Nc3cc(OCCCOc4cc5c(cc4OC)C(=O)N4CC(=C)C[C@H]4[C@H](O)N5C(=O)O)c(OC)cc3C(=O)N2C1. The Kier molecular flexibility index (Phi) is 7.87. The number of aliphatic imine (C=N–C) groups is 1. The number of methoxy groups -OCH3 is 2. The van der Waals surface area contributed by atoms with Crippen molar-refractivity contribution in [3.63, 3.8) is 0 Å². The van der Waals surface area contributed by atoms with Crippen molar-refractivity contribution in [3.8, 4) is 23.0 Å². The minimum absolute atomic E-state index is 0.00154. The summed E-state index contributed by atoms with van der Waals surface area (Å²) >= 11 is 0. The van der Waals surface area contributed by atoms with Gasteiger partial charge in [0.2, 0.25) is 0 Å². The molecule has 3 atom stereocenters. The van der Waals surface area contributed by atoms with Gasteiger partial charge in [-0.15, -0.1) is 0 Å². The number of carbonyl (C=O) groups excluding carboxylic acids is 2. The van der Waals surface area contributed by atoms with E-state index in [4.69, 9.17) is 18.9 Å². The summed E-state index contributed by atoms with van der Waals surface area (Å²) in [6.07, 6.45) is 0.235. The highest BCUT2D eigenvalue weighted by atomic mass is 16.5. The third-order valence-electron chi connectivity index (χ3n) is 8.39. The largest absolute Gasteiger partial charge is 0.493 e. The number of fused-ring (bicyclic) bond motifs is 4. The zero-order valence-corrected chi connectivity index (χ0v) is 25.0. The molecular formula is C32H34N4O9. The van der Waals surface area contributed by atoms with Crippen LogP contribution in [0.25, 0.3) is 0 Å². The maximum absolute atomic E-state index is 13.4. The molecule has 4 aliphatic rings. The number of nitrogens with zero attached hydrogens (tertiary/aromatic N) is 4. The number of anilines is 1. The van der Waals surface area contributed by atoms with Crippen molar-refractivity contribution >= 4 is 35.5 Å². The maximum atomic E-state index is 13.4. The molecule has 45 heavy (non-hydrogen) atoms. The average Bonchev–Trinajstić information content (AvgIpc) is 3.55. The smallest absolute Gasteiger partial charge is 0.414 e. The van der Waals surface area contributed by atoms with Gasteiger partial charge in [0.25, 0.3) is 11.8 Å². The molecule has 2 aromatic rings. The highest BCUT2D eigenvalue weighted by molar-refractivity contribution is 6.06. The number of carboxylic acid groups (broad SMARTS) is 1. The number of aliphatic hydroxyl groups is 1. The van der Waals surface area contributed by atoms with Crippen molar-refractivity contribution in [1.29, 1.82) is 0 Å². The third-order valence-corrected chi connectivity index (χ3v) is 8.39. The lowest BCUT2D eigenvalue weighted by atomic mass is 10.1. The number of hydrogen-bond acceptors (Lipinski definition) is 9. The molecule has 236 valence electrons. The number of benzene rings is 2. The molecule has 0 aromatic heterocycles. The van der Waals surface area contributed by atoms with Crippen LogP contribution < -0.4 is 23.8 Å². The molecule has 3 amide bonds. The Morgan fingerprint density at radius 3 is 2.16 bits per heavy atom. The van der Waals surface area contributed by atoms with Crippen LogP contribution in [0.5, 0.6) is 23.0 Å². The van der Waals surface area contributed by atoms with Gasteiger partial charge in [0.1, 0.15) is 0 Å². The first-order chi connectivity index (χ1) is 21.6. The summed E-state index contributed by atoms with van der Waals surface area (Å²) in [4.78, 5) is 47.4. The molecule has 2 aromatic carbocycles. The van der Waals surface area contributed by atoms with Crippen LogP contribution in [0.4, 0.5) is 16.2 Å². The zero-order valence-electron chi connectivity index (χ0n) is 25.0. The molecule has 6 rings (SSSR count). The summed E-state index contributed by atoms with van der Waals surface area (Å²) in [5.41, 5.74) is 2.71. The minimum atomic E-state index is -1.49. The summed E-state index contributed by atoms with van der Waals surface area (Å²) in [5.74, 6) is 0.680. The summed E-state index contributed by atoms with van der Waals surface area (Å²) in [7, 11) is 2.91. The van der Waals surface area contributed by atoms with Crippen LogP contribution in [0.15, 0.2) is 53.6 Å². The summed E-state index contributed by atoms with van der Waals surface area (Å²) in [6.45, 7) is 9.00. The summed E-state index contributed by atoms with van der Waals surface area (Å²) in [6, 6.07) is 5.25. The normalized spacial score (nSPS) is 21.9. The second-order valence-electron chi connectivity index (χ2n) is 11.3. The summed E-state index contributed by atoms with van der Waals surface area (Å²) < 4.78 is 22.9. The topological polar surface area (TPSA) is 151 Å². The lowest BCUT2D eigenvalue weighted by Gasteiger charge is -2.30. The minimum Gasteiger partial charge on any atom is -0.493 e. The highest BCUT2D eigenvalue weighted by Gasteiger charge is 2.46. The maximum Gasteiger partial charge on any atom is 0.414 e. The van der Waals surface area contributed by atoms with Gasteiger partial charge in [-0.25, -0.2) is 9.69 Å². The van der Waals surface area contributed by atoms with Crippen LogP contribution in [0, 0.1) is 0 Å². The molecule has 0 unspecified atom stereocenters. The van der Waals surface area contributed by atoms with E-state index in [1.54, 1.807) is 23.2 Å². The molecule has 2 saturated heterocycles. The van der Waals surface area contributed by atoms with E-state index >= 15 is 0 Å². The van der Waals surface area contributed by atoms with E-state index in [-0.39, 0.29) is 60.9 Å². The van der Waals surface area contributed by atoms with Gasteiger partial charge in [-0.3, -0.25) is 14.6 Å². The van der Waals surface area contributed by atoms with Crippen molar-refractivity contribution in [2.75, 3.05) is 45.4 Å². The molecule has 13 heteroatoms. The van der Waals surface area contributed by atoms with Crippen LogP contribution in [-0.4, -0.2) is 103 Å². The van der Waals surface area contributed by atoms with Crippen LogP contribution in [0.1, 0.15) is 40.0 Å². The molecule has 2 fully saturated rings. The van der Waals surface area contributed by atoms with Crippen LogP contribution in [0.3, 0.4) is 0 Å². The van der Waals surface area contributed by atoms with Crippen LogP contribution >= 0.6 is 0 Å². The molecule has 0 spiro atoms. The van der Waals surface area contributed by atoms with Gasteiger partial charge in [0.15, 0.2) is 29.2 Å². The molecule has 0 bridgehead atoms. The van der Waals surface area contributed by atoms with Gasteiger partial charge in [-0.1, -0.05) is 24.3 Å². The van der Waals surface area contributed by atoms with Crippen molar-refractivity contribution in [2.24, 2.45) is 4.99 Å². The van der Waals surface area contributed by atoms with Gasteiger partial charge in [-0.05, 0) is 25.0 Å². The Morgan fingerprint density at radius 2 is 1.49 bits per heavy atom. The lowest BCUT2D eigenvalue weighted by Crippen LogP contribution is -2.50. The second-order valence-corrected chi connectivity index (χ2v) is 11.3. The van der Waals surface area contributed by atoms with Gasteiger partial charge in [0, 0.05) is 37.9 Å². The summed E-state index contributed by atoms with van der Waals surface area (Å²) in [5, 5.41) is 21.0. The molecule has 0 radical (unpaired) electrons. The van der Waals surface area contributed by atoms with Crippen LogP contribution in [0.2, 0.25) is 0 Å². The third kappa shape index (κ3) is 5.33. The number of carbonyl (C=O) groups is 3. The van der Waals surface area contributed by atoms with Crippen LogP contribution in [-0.2, 0) is 0 Å². The van der Waals surface area contributed by atoms with E-state index in [1.807, 2.05) is 0 Å². The van der Waals surface area contributed by atoms with E-state index in [0.29, 0.717) is 42.1 Å². The second kappa shape index (κ2) is 11.8. The van der Waals surface area contributed by atoms with Gasteiger partial charge < -0.3 is 39.0 Å². The van der Waals surface area contributed by atoms with Gasteiger partial charge in [0.05, 0.1) is 62.0 Å². The van der Waals surface area contributed by atoms with E-state index < -0.39 is 24.3 Å². The highest BCUT2D eigenvalue weighted by Crippen LogP contribution is 2.42. The van der Waals surface area contributed by atoms with Crippen molar-refractivity contribution in [3.05, 3.63) is 59.7 Å². The van der Waals surface area contributed by atoms with E-state index in [0.717, 1.165) is 16.0 Å². The van der Waals surface area contributed by atoms with Crippen molar-refractivity contribution in [1.82, 2.24) is 9.80 Å². The number of ether oxygens (including phenoxy) is 4. The van der Waals surface area contributed by atoms with E-state index in [9.17, 15) is 24.6 Å². The molecule has 4 aliphatic heterocycles. The van der Waals surface area contributed by atoms with E-state index in [2.05, 4.69) is 18.2 Å². The Hall–Kier alpha value is -5.04. The number of rotatable bonds is 8. The average molecular weight is 619 g/mol. The Labute approximate surface area is 259 Å². The molecule has 2 N–H and O–H groups in total. The zero-order chi connectivity index (χ0) is 32.0. The Bertz CT molecular complexity index is 1640. The first kappa shape index (κ1) is 30.0. The monoisotopic (exact) mass is 618 g/mol. The van der Waals surface area contributed by atoms with Crippen molar-refractivity contribution < 1.29 is 43.5 Å². The first-order valence-corrected chi connectivity index (χ1v) is 14.5. The number of aliphatic hydroxyl groups excluding tert-OH is 1. The van der Waals surface area contributed by atoms with Crippen molar-refractivity contribution in [2.45, 2.75) is 37.6 Å². The molecule has 0 aliphatic carbocycles. The fourth-order valence-corrected chi connectivity index (χ4v) is 6.22.